The van der Waals surface area contributed by atoms with E-state index in [4.69, 9.17) is 4.74 Å². The van der Waals surface area contributed by atoms with Gasteiger partial charge in [0.05, 0.1) is 6.26 Å². The van der Waals surface area contributed by atoms with Crippen LogP contribution in [-0.4, -0.2) is 45.8 Å². The van der Waals surface area contributed by atoms with Crippen LogP contribution in [0.15, 0.2) is 48.5 Å². The zero-order valence-corrected chi connectivity index (χ0v) is 16.9. The summed E-state index contributed by atoms with van der Waals surface area (Å²) in [5.41, 5.74) is 1.91. The van der Waals surface area contributed by atoms with Crippen molar-refractivity contribution in [2.24, 2.45) is 11.8 Å². The number of anilines is 1. The second-order valence-electron chi connectivity index (χ2n) is 8.01. The van der Waals surface area contributed by atoms with E-state index in [0.717, 1.165) is 19.6 Å². The average Bonchev–Trinajstić information content (AvgIpc) is 2.99. The second kappa shape index (κ2) is 7.04. The summed E-state index contributed by atoms with van der Waals surface area (Å²) in [5, 5.41) is 0. The van der Waals surface area contributed by atoms with Crippen LogP contribution in [-0.2, 0) is 15.4 Å². The Labute approximate surface area is 165 Å². The smallest absolute Gasteiger partial charge is 0.229 e. The van der Waals surface area contributed by atoms with E-state index >= 15 is 0 Å². The molecule has 1 heterocycles. The molecule has 0 bridgehead atoms. The van der Waals surface area contributed by atoms with E-state index in [-0.39, 0.29) is 11.2 Å². The van der Waals surface area contributed by atoms with Gasteiger partial charge in [-0.25, -0.2) is 12.8 Å². The van der Waals surface area contributed by atoms with Crippen molar-refractivity contribution in [3.05, 3.63) is 59.9 Å². The maximum Gasteiger partial charge on any atom is 0.229 e. The van der Waals surface area contributed by atoms with Gasteiger partial charge in [-0.05, 0) is 53.8 Å². The largest absolute Gasteiger partial charge is 0.492 e. The highest BCUT2D eigenvalue weighted by Crippen LogP contribution is 2.63. The van der Waals surface area contributed by atoms with E-state index in [1.165, 1.54) is 24.0 Å². The first-order chi connectivity index (χ1) is 13.3. The summed E-state index contributed by atoms with van der Waals surface area (Å²) < 4.78 is 44.2. The number of likely N-dealkylation sites (tertiary alicyclic amines) is 1. The number of hydrogen-bond donors (Lipinski definition) is 1. The molecule has 7 heteroatoms. The minimum absolute atomic E-state index is 0.101. The normalized spacial score (nSPS) is 26.7. The summed E-state index contributed by atoms with van der Waals surface area (Å²) in [7, 11) is -3.27. The number of hydrogen-bond acceptors (Lipinski definition) is 4. The Morgan fingerprint density at radius 2 is 1.86 bits per heavy atom. The van der Waals surface area contributed by atoms with E-state index in [9.17, 15) is 12.8 Å². The van der Waals surface area contributed by atoms with Gasteiger partial charge in [0.2, 0.25) is 10.0 Å². The highest BCUT2D eigenvalue weighted by atomic mass is 32.2. The third-order valence-electron chi connectivity index (χ3n) is 6.10. The molecule has 2 atom stereocenters. The van der Waals surface area contributed by atoms with Crippen molar-refractivity contribution in [1.29, 1.82) is 0 Å². The number of nitrogens with zero attached hydrogens (tertiary/aromatic N) is 1. The molecule has 1 aliphatic carbocycles. The van der Waals surface area contributed by atoms with Gasteiger partial charge in [-0.2, -0.15) is 0 Å². The molecule has 1 aliphatic heterocycles. The summed E-state index contributed by atoms with van der Waals surface area (Å²) in [4.78, 5) is 2.40. The van der Waals surface area contributed by atoms with Crippen LogP contribution in [0.2, 0.25) is 0 Å². The Morgan fingerprint density at radius 1 is 1.18 bits per heavy atom. The molecular formula is C21H25FN2O3S. The van der Waals surface area contributed by atoms with Crippen LogP contribution in [0.1, 0.15) is 12.5 Å². The van der Waals surface area contributed by atoms with Gasteiger partial charge in [-0.1, -0.05) is 19.1 Å². The molecule has 4 rings (SSSR count). The molecule has 150 valence electrons. The van der Waals surface area contributed by atoms with Crippen molar-refractivity contribution in [1.82, 2.24) is 4.90 Å². The first-order valence-corrected chi connectivity index (χ1v) is 11.3. The van der Waals surface area contributed by atoms with Gasteiger partial charge >= 0.3 is 0 Å². The molecule has 2 aromatic carbocycles. The SMILES string of the molecule is CC1(c2cccc(NS(C)(=O)=O)c2)C2CN(CCOc3ccc(F)cc3)CC21. The van der Waals surface area contributed by atoms with Crippen molar-refractivity contribution in [2.45, 2.75) is 12.3 Å². The van der Waals surface area contributed by atoms with Gasteiger partial charge < -0.3 is 4.74 Å². The zero-order chi connectivity index (χ0) is 19.9. The van der Waals surface area contributed by atoms with Gasteiger partial charge in [0, 0.05) is 30.7 Å². The van der Waals surface area contributed by atoms with Gasteiger partial charge in [0.1, 0.15) is 18.2 Å². The molecule has 0 spiro atoms. The van der Waals surface area contributed by atoms with Crippen LogP contribution < -0.4 is 9.46 Å². The fourth-order valence-corrected chi connectivity index (χ4v) is 5.08. The van der Waals surface area contributed by atoms with Gasteiger partial charge in [-0.15, -0.1) is 0 Å². The Morgan fingerprint density at radius 3 is 2.50 bits per heavy atom. The van der Waals surface area contributed by atoms with Crippen LogP contribution in [0.25, 0.3) is 0 Å². The Balaban J connectivity index is 1.31. The van der Waals surface area contributed by atoms with Gasteiger partial charge in [0.15, 0.2) is 0 Å². The van der Waals surface area contributed by atoms with Gasteiger partial charge in [0.25, 0.3) is 0 Å². The van der Waals surface area contributed by atoms with Crippen LogP contribution in [0.3, 0.4) is 0 Å². The highest BCUT2D eigenvalue weighted by molar-refractivity contribution is 7.92. The molecular weight excluding hydrogens is 379 g/mol. The summed E-state index contributed by atoms with van der Waals surface area (Å²) >= 11 is 0. The lowest BCUT2D eigenvalue weighted by molar-refractivity contribution is 0.212. The lowest BCUT2D eigenvalue weighted by Gasteiger charge is -2.24. The highest BCUT2D eigenvalue weighted by Gasteiger charge is 2.65. The molecule has 5 nitrogen and oxygen atoms in total. The number of halogens is 1. The fraction of sp³-hybridized carbons (Fsp3) is 0.429. The van der Waals surface area contributed by atoms with Crippen LogP contribution in [0.4, 0.5) is 10.1 Å². The summed E-state index contributed by atoms with van der Waals surface area (Å²) in [6, 6.07) is 13.8. The number of benzene rings is 2. The van der Waals surface area contributed by atoms with E-state index in [2.05, 4.69) is 22.6 Å². The van der Waals surface area contributed by atoms with Crippen molar-refractivity contribution in [2.75, 3.05) is 37.2 Å². The lowest BCUT2D eigenvalue weighted by atomic mass is 9.92. The minimum atomic E-state index is -3.27. The molecule has 28 heavy (non-hydrogen) atoms. The molecule has 0 radical (unpaired) electrons. The van der Waals surface area contributed by atoms with E-state index < -0.39 is 10.0 Å². The quantitative estimate of drug-likeness (QED) is 0.771. The fourth-order valence-electron chi connectivity index (χ4n) is 4.53. The van der Waals surface area contributed by atoms with Crippen molar-refractivity contribution in [3.63, 3.8) is 0 Å². The predicted molar refractivity (Wildman–Crippen MR) is 108 cm³/mol. The maximum absolute atomic E-state index is 12.9. The molecule has 2 unspecified atom stereocenters. The van der Waals surface area contributed by atoms with E-state index in [1.807, 2.05) is 12.1 Å². The minimum Gasteiger partial charge on any atom is -0.492 e. The molecule has 0 amide bonds. The number of piperidine rings is 1. The number of fused-ring (bicyclic) bond motifs is 1. The summed E-state index contributed by atoms with van der Waals surface area (Å²) in [6.45, 7) is 5.72. The molecule has 1 saturated heterocycles. The molecule has 2 aliphatic rings. The average molecular weight is 405 g/mol. The molecule has 2 aromatic rings. The summed E-state index contributed by atoms with van der Waals surface area (Å²) in [6.07, 6.45) is 1.17. The van der Waals surface area contributed by atoms with Crippen molar-refractivity contribution in [3.8, 4) is 5.75 Å². The third kappa shape index (κ3) is 3.86. The first kappa shape index (κ1) is 19.2. The lowest BCUT2D eigenvalue weighted by Crippen LogP contribution is -2.32. The number of rotatable bonds is 7. The van der Waals surface area contributed by atoms with Crippen molar-refractivity contribution >= 4 is 15.7 Å². The van der Waals surface area contributed by atoms with E-state index in [1.54, 1.807) is 18.2 Å². The van der Waals surface area contributed by atoms with Crippen LogP contribution in [0, 0.1) is 17.7 Å². The van der Waals surface area contributed by atoms with Crippen LogP contribution in [0.5, 0.6) is 5.75 Å². The molecule has 0 aromatic heterocycles. The topological polar surface area (TPSA) is 58.6 Å². The zero-order valence-electron chi connectivity index (χ0n) is 16.1. The Kier molecular flexibility index (Phi) is 4.83. The monoisotopic (exact) mass is 404 g/mol. The van der Waals surface area contributed by atoms with Gasteiger partial charge in [-0.3, -0.25) is 9.62 Å². The molecule has 1 N–H and O–H groups in total. The standard InChI is InChI=1S/C21H25FN2O3S/c1-21(15-4-3-5-17(12-15)23-28(2,25)26)19-13-24(14-20(19)21)10-11-27-18-8-6-16(22)7-9-18/h3-9,12,19-20,23H,10-11,13-14H2,1-2H3. The Hall–Kier alpha value is -2.12. The van der Waals surface area contributed by atoms with Crippen molar-refractivity contribution < 1.29 is 17.5 Å². The number of sulfonamides is 1. The number of nitrogens with one attached hydrogen (secondary N) is 1. The predicted octanol–water partition coefficient (Wildman–Crippen LogP) is 3.10. The Bertz CT molecular complexity index is 950. The first-order valence-electron chi connectivity index (χ1n) is 9.45. The number of ether oxygens (including phenoxy) is 1. The van der Waals surface area contributed by atoms with E-state index in [0.29, 0.717) is 29.9 Å². The second-order valence-corrected chi connectivity index (χ2v) is 9.76. The van der Waals surface area contributed by atoms with Crippen LogP contribution >= 0.6 is 0 Å². The molecule has 1 saturated carbocycles. The molecule has 2 fully saturated rings. The third-order valence-corrected chi connectivity index (χ3v) is 6.71. The summed E-state index contributed by atoms with van der Waals surface area (Å²) in [5.74, 6) is 1.58. The maximum atomic E-state index is 12.9.